The molecular weight excluding hydrogens is 202 g/mol. The van der Waals surface area contributed by atoms with E-state index < -0.39 is 6.61 Å². The number of amides is 1. The van der Waals surface area contributed by atoms with Crippen LogP contribution in [-0.2, 0) is 17.9 Å². The molecule has 1 aliphatic heterocycles. The van der Waals surface area contributed by atoms with Crippen molar-refractivity contribution in [1.82, 2.24) is 4.90 Å². The van der Waals surface area contributed by atoms with Gasteiger partial charge in [-0.2, -0.15) is 0 Å². The smallest absolute Gasteiger partial charge is 0.248 e. The molecule has 16 heavy (non-hydrogen) atoms. The Kier molecular flexibility index (Phi) is 4.50. The SMILES string of the molecule is CC.Cc1cccc2c1CN(C(=O)CO)C2. The van der Waals surface area contributed by atoms with Crippen LogP contribution in [0.2, 0.25) is 0 Å². The van der Waals surface area contributed by atoms with Crippen molar-refractivity contribution in [3.05, 3.63) is 34.9 Å². The van der Waals surface area contributed by atoms with Crippen LogP contribution in [0.5, 0.6) is 0 Å². The fraction of sp³-hybridized carbons (Fsp3) is 0.462. The second-order valence-corrected chi connectivity index (χ2v) is 3.62. The van der Waals surface area contributed by atoms with Gasteiger partial charge in [-0.1, -0.05) is 32.0 Å². The summed E-state index contributed by atoms with van der Waals surface area (Å²) in [5.74, 6) is -0.194. The largest absolute Gasteiger partial charge is 0.387 e. The third-order valence-electron chi connectivity index (χ3n) is 2.71. The molecule has 0 bridgehead atoms. The molecule has 0 aromatic heterocycles. The fourth-order valence-electron chi connectivity index (χ4n) is 1.87. The lowest BCUT2D eigenvalue weighted by molar-refractivity contribution is -0.134. The molecule has 1 amide bonds. The summed E-state index contributed by atoms with van der Waals surface area (Å²) in [6.07, 6.45) is 0. The van der Waals surface area contributed by atoms with Gasteiger partial charge < -0.3 is 10.0 Å². The molecule has 2 rings (SSSR count). The maximum Gasteiger partial charge on any atom is 0.248 e. The van der Waals surface area contributed by atoms with Crippen LogP contribution < -0.4 is 0 Å². The molecule has 1 aromatic carbocycles. The minimum absolute atomic E-state index is 0.194. The second kappa shape index (κ2) is 5.66. The van der Waals surface area contributed by atoms with Gasteiger partial charge in [-0.15, -0.1) is 0 Å². The number of benzene rings is 1. The first-order valence-electron chi connectivity index (χ1n) is 5.68. The minimum atomic E-state index is -0.396. The van der Waals surface area contributed by atoms with Crippen LogP contribution >= 0.6 is 0 Å². The number of carbonyl (C=O) groups is 1. The molecule has 88 valence electrons. The predicted molar refractivity (Wildman–Crippen MR) is 63.9 cm³/mol. The summed E-state index contributed by atoms with van der Waals surface area (Å²) < 4.78 is 0. The number of carbonyl (C=O) groups excluding carboxylic acids is 1. The van der Waals surface area contributed by atoms with E-state index in [1.807, 2.05) is 39.0 Å². The van der Waals surface area contributed by atoms with Crippen molar-refractivity contribution in [2.24, 2.45) is 0 Å². The fourth-order valence-corrected chi connectivity index (χ4v) is 1.87. The van der Waals surface area contributed by atoms with Gasteiger partial charge in [-0.05, 0) is 23.6 Å². The summed E-state index contributed by atoms with van der Waals surface area (Å²) in [6.45, 7) is 6.93. The van der Waals surface area contributed by atoms with E-state index in [0.717, 1.165) is 0 Å². The highest BCUT2D eigenvalue weighted by Crippen LogP contribution is 2.25. The quantitative estimate of drug-likeness (QED) is 0.786. The van der Waals surface area contributed by atoms with Gasteiger partial charge in [0, 0.05) is 13.1 Å². The van der Waals surface area contributed by atoms with Crippen molar-refractivity contribution in [1.29, 1.82) is 0 Å². The number of hydrogen-bond donors (Lipinski definition) is 1. The van der Waals surface area contributed by atoms with Crippen LogP contribution in [0.25, 0.3) is 0 Å². The van der Waals surface area contributed by atoms with Crippen molar-refractivity contribution in [3.8, 4) is 0 Å². The Hall–Kier alpha value is -1.35. The number of aliphatic hydroxyl groups excluding tert-OH is 1. The van der Waals surface area contributed by atoms with Gasteiger partial charge in [0.25, 0.3) is 0 Å². The lowest BCUT2D eigenvalue weighted by atomic mass is 10.1. The summed E-state index contributed by atoms with van der Waals surface area (Å²) in [6, 6.07) is 6.08. The first-order chi connectivity index (χ1) is 7.72. The third kappa shape index (κ3) is 2.42. The van der Waals surface area contributed by atoms with Crippen molar-refractivity contribution in [2.45, 2.75) is 33.9 Å². The lowest BCUT2D eigenvalue weighted by Gasteiger charge is -2.13. The highest BCUT2D eigenvalue weighted by Gasteiger charge is 2.23. The number of nitrogens with zero attached hydrogens (tertiary/aromatic N) is 1. The molecule has 0 fully saturated rings. The van der Waals surface area contributed by atoms with Crippen LogP contribution in [0.4, 0.5) is 0 Å². The molecule has 1 aliphatic rings. The highest BCUT2D eigenvalue weighted by atomic mass is 16.3. The Labute approximate surface area is 96.7 Å². The number of aliphatic hydroxyl groups is 1. The maximum atomic E-state index is 11.3. The second-order valence-electron chi connectivity index (χ2n) is 3.62. The normalized spacial score (nSPS) is 12.9. The van der Waals surface area contributed by atoms with Gasteiger partial charge >= 0.3 is 0 Å². The van der Waals surface area contributed by atoms with Gasteiger partial charge in [0.2, 0.25) is 5.91 Å². The molecule has 1 heterocycles. The Balaban J connectivity index is 0.000000606. The lowest BCUT2D eigenvalue weighted by Crippen LogP contribution is -2.27. The van der Waals surface area contributed by atoms with Crippen molar-refractivity contribution in [2.75, 3.05) is 6.61 Å². The van der Waals surface area contributed by atoms with E-state index in [2.05, 4.69) is 0 Å². The van der Waals surface area contributed by atoms with E-state index >= 15 is 0 Å². The van der Waals surface area contributed by atoms with Gasteiger partial charge in [-0.3, -0.25) is 4.79 Å². The molecule has 3 heteroatoms. The molecule has 1 N–H and O–H groups in total. The zero-order valence-electron chi connectivity index (χ0n) is 10.2. The van der Waals surface area contributed by atoms with Crippen LogP contribution in [0.1, 0.15) is 30.5 Å². The Morgan fingerprint density at radius 2 is 2.06 bits per heavy atom. The Morgan fingerprint density at radius 3 is 2.62 bits per heavy atom. The molecule has 0 aliphatic carbocycles. The topological polar surface area (TPSA) is 40.5 Å². The van der Waals surface area contributed by atoms with E-state index in [0.29, 0.717) is 13.1 Å². The number of hydrogen-bond acceptors (Lipinski definition) is 2. The Bertz CT molecular complexity index is 374. The summed E-state index contributed by atoms with van der Waals surface area (Å²) >= 11 is 0. The molecule has 0 atom stereocenters. The maximum absolute atomic E-state index is 11.3. The van der Waals surface area contributed by atoms with E-state index in [9.17, 15) is 4.79 Å². The molecule has 1 aromatic rings. The third-order valence-corrected chi connectivity index (χ3v) is 2.71. The monoisotopic (exact) mass is 221 g/mol. The first-order valence-corrected chi connectivity index (χ1v) is 5.68. The number of rotatable bonds is 1. The number of fused-ring (bicyclic) bond motifs is 1. The van der Waals surface area contributed by atoms with E-state index in [1.165, 1.54) is 16.7 Å². The molecule has 0 saturated carbocycles. The van der Waals surface area contributed by atoms with Crippen LogP contribution in [0.15, 0.2) is 18.2 Å². The van der Waals surface area contributed by atoms with E-state index in [4.69, 9.17) is 5.11 Å². The summed E-state index contributed by atoms with van der Waals surface area (Å²) in [5.41, 5.74) is 3.65. The molecule has 0 unspecified atom stereocenters. The zero-order valence-corrected chi connectivity index (χ0v) is 10.2. The highest BCUT2D eigenvalue weighted by molar-refractivity contribution is 5.78. The van der Waals surface area contributed by atoms with Crippen LogP contribution in [-0.4, -0.2) is 22.5 Å². The summed E-state index contributed by atoms with van der Waals surface area (Å²) in [5, 5.41) is 8.75. The molecule has 0 spiro atoms. The molecule has 0 saturated heterocycles. The van der Waals surface area contributed by atoms with Gasteiger partial charge in [0.1, 0.15) is 6.61 Å². The van der Waals surface area contributed by atoms with E-state index in [1.54, 1.807) is 4.90 Å². The standard InChI is InChI=1S/C11H13NO2.C2H6/c1-8-3-2-4-9-5-12(6-10(8)9)11(14)7-13;1-2/h2-4,13H,5-7H2,1H3;1-2H3. The van der Waals surface area contributed by atoms with Gasteiger partial charge in [0.05, 0.1) is 0 Å². The van der Waals surface area contributed by atoms with Gasteiger partial charge in [-0.25, -0.2) is 0 Å². The van der Waals surface area contributed by atoms with Crippen molar-refractivity contribution in [3.63, 3.8) is 0 Å². The van der Waals surface area contributed by atoms with E-state index in [-0.39, 0.29) is 5.91 Å². The average Bonchev–Trinajstić information content (AvgIpc) is 2.76. The minimum Gasteiger partial charge on any atom is -0.387 e. The van der Waals surface area contributed by atoms with Crippen LogP contribution in [0, 0.1) is 6.92 Å². The predicted octanol–water partition coefficient (Wildman–Crippen LogP) is 1.86. The van der Waals surface area contributed by atoms with Crippen molar-refractivity contribution < 1.29 is 9.90 Å². The first kappa shape index (κ1) is 12.7. The van der Waals surface area contributed by atoms with Crippen molar-refractivity contribution >= 4 is 5.91 Å². The van der Waals surface area contributed by atoms with Crippen LogP contribution in [0.3, 0.4) is 0 Å². The summed E-state index contributed by atoms with van der Waals surface area (Å²) in [4.78, 5) is 12.9. The summed E-state index contributed by atoms with van der Waals surface area (Å²) in [7, 11) is 0. The number of aryl methyl sites for hydroxylation is 1. The zero-order chi connectivity index (χ0) is 12.1. The molecule has 0 radical (unpaired) electrons. The average molecular weight is 221 g/mol. The van der Waals surface area contributed by atoms with Gasteiger partial charge in [0.15, 0.2) is 0 Å². The molecular formula is C13H19NO2. The molecule has 3 nitrogen and oxygen atoms in total. The Morgan fingerprint density at radius 1 is 1.38 bits per heavy atom.